The van der Waals surface area contributed by atoms with E-state index in [9.17, 15) is 4.79 Å². The van der Waals surface area contributed by atoms with E-state index in [1.807, 2.05) is 0 Å². The van der Waals surface area contributed by atoms with Crippen molar-refractivity contribution in [2.75, 3.05) is 0 Å². The Morgan fingerprint density at radius 2 is 2.43 bits per heavy atom. The van der Waals surface area contributed by atoms with E-state index in [1.54, 1.807) is 6.20 Å². The van der Waals surface area contributed by atoms with Crippen LogP contribution >= 0.6 is 11.6 Å². The predicted octanol–water partition coefficient (Wildman–Crippen LogP) is 0.405. The van der Waals surface area contributed by atoms with Gasteiger partial charge in [0, 0.05) is 6.20 Å². The fraction of sp³-hybridized carbons (Fsp3) is 0.143. The van der Waals surface area contributed by atoms with Crippen LogP contribution in [0.4, 0.5) is 0 Å². The van der Waals surface area contributed by atoms with E-state index in [0.717, 1.165) is 0 Å². The molecule has 0 saturated carbocycles. The molecule has 0 aliphatic rings. The Hall–Kier alpha value is -1.69. The summed E-state index contributed by atoms with van der Waals surface area (Å²) in [4.78, 5) is 14.4. The molecule has 0 spiro atoms. The number of carboxylic acids is 1. The number of carboxylic acid groups (broad SMARTS) is 1. The first-order chi connectivity index (χ1) is 6.68. The highest BCUT2D eigenvalue weighted by Gasteiger charge is 2.13. The largest absolute Gasteiger partial charge is 0.481 e. The Labute approximate surface area is 83.2 Å². The third-order valence-corrected chi connectivity index (χ3v) is 2.05. The van der Waals surface area contributed by atoms with Gasteiger partial charge in [-0.15, -0.1) is 5.10 Å². The minimum atomic E-state index is -0.983. The smallest absolute Gasteiger partial charge is 0.309 e. The number of hydrogen-bond acceptors (Lipinski definition) is 4. The van der Waals surface area contributed by atoms with Gasteiger partial charge >= 0.3 is 5.97 Å². The summed E-state index contributed by atoms with van der Waals surface area (Å²) in [7, 11) is 0. The summed E-state index contributed by atoms with van der Waals surface area (Å²) >= 11 is 5.87. The molecular formula is C7H5ClN4O2. The van der Waals surface area contributed by atoms with Crippen molar-refractivity contribution >= 4 is 23.3 Å². The van der Waals surface area contributed by atoms with Gasteiger partial charge in [-0.3, -0.25) is 9.20 Å². The van der Waals surface area contributed by atoms with Crippen LogP contribution in [0.2, 0.25) is 5.15 Å². The van der Waals surface area contributed by atoms with E-state index in [4.69, 9.17) is 16.7 Å². The number of nitrogens with zero attached hydrogens (tertiary/aromatic N) is 4. The highest BCUT2D eigenvalue weighted by Crippen LogP contribution is 2.16. The van der Waals surface area contributed by atoms with Gasteiger partial charge in [0.25, 0.3) is 5.78 Å². The first-order valence-corrected chi connectivity index (χ1v) is 4.12. The zero-order valence-corrected chi connectivity index (χ0v) is 7.64. The third kappa shape index (κ3) is 1.39. The van der Waals surface area contributed by atoms with E-state index in [1.165, 1.54) is 10.6 Å². The number of aromatic nitrogens is 4. The second-order valence-corrected chi connectivity index (χ2v) is 2.96. The maximum atomic E-state index is 10.5. The van der Waals surface area contributed by atoms with Crippen LogP contribution in [0.1, 0.15) is 5.69 Å². The van der Waals surface area contributed by atoms with Crippen molar-refractivity contribution in [3.63, 3.8) is 0 Å². The van der Waals surface area contributed by atoms with E-state index in [2.05, 4.69) is 15.2 Å². The van der Waals surface area contributed by atoms with E-state index >= 15 is 0 Å². The summed E-state index contributed by atoms with van der Waals surface area (Å²) in [5, 5.41) is 16.1. The lowest BCUT2D eigenvalue weighted by atomic mass is 10.3. The molecule has 0 radical (unpaired) electrons. The van der Waals surface area contributed by atoms with Gasteiger partial charge in [0.05, 0.1) is 18.3 Å². The summed E-state index contributed by atoms with van der Waals surface area (Å²) in [6, 6.07) is 0. The van der Waals surface area contributed by atoms with Crippen LogP contribution in [0.15, 0.2) is 12.4 Å². The molecule has 2 aromatic rings. The molecular weight excluding hydrogens is 208 g/mol. The molecule has 0 unspecified atom stereocenters. The molecule has 0 amide bonds. The van der Waals surface area contributed by atoms with Crippen molar-refractivity contribution in [3.8, 4) is 0 Å². The van der Waals surface area contributed by atoms with Crippen molar-refractivity contribution in [1.29, 1.82) is 0 Å². The molecule has 0 saturated heterocycles. The van der Waals surface area contributed by atoms with Crippen molar-refractivity contribution in [2.24, 2.45) is 0 Å². The number of rotatable bonds is 2. The van der Waals surface area contributed by atoms with Gasteiger partial charge in [-0.05, 0) is 0 Å². The quantitative estimate of drug-likeness (QED) is 0.780. The Morgan fingerprint density at radius 3 is 3.07 bits per heavy atom. The summed E-state index contributed by atoms with van der Waals surface area (Å²) in [6.07, 6.45) is 2.80. The van der Waals surface area contributed by atoms with Gasteiger partial charge in [0.2, 0.25) is 0 Å². The SMILES string of the molecule is O=C(O)Cc1nc2nnccn2c1Cl. The maximum Gasteiger partial charge on any atom is 0.309 e. The molecule has 0 atom stereocenters. The van der Waals surface area contributed by atoms with Gasteiger partial charge in [-0.1, -0.05) is 11.6 Å². The molecule has 0 aromatic carbocycles. The average molecular weight is 213 g/mol. The summed E-state index contributed by atoms with van der Waals surface area (Å²) in [6.45, 7) is 0. The number of hydrogen-bond donors (Lipinski definition) is 1. The summed E-state index contributed by atoms with van der Waals surface area (Å²) < 4.78 is 1.48. The van der Waals surface area contributed by atoms with Crippen LogP contribution in [-0.4, -0.2) is 30.7 Å². The summed E-state index contributed by atoms with van der Waals surface area (Å²) in [5.74, 6) is -0.683. The van der Waals surface area contributed by atoms with Crippen LogP contribution in [-0.2, 0) is 11.2 Å². The maximum absolute atomic E-state index is 10.5. The molecule has 72 valence electrons. The molecule has 7 heteroatoms. The molecule has 2 aromatic heterocycles. The van der Waals surface area contributed by atoms with Crippen molar-refractivity contribution in [3.05, 3.63) is 23.2 Å². The number of imidazole rings is 1. The predicted molar refractivity (Wildman–Crippen MR) is 47.1 cm³/mol. The molecule has 0 bridgehead atoms. The van der Waals surface area contributed by atoms with Crippen molar-refractivity contribution < 1.29 is 9.90 Å². The molecule has 2 heterocycles. The fourth-order valence-corrected chi connectivity index (χ4v) is 1.33. The minimum absolute atomic E-state index is 0.220. The molecule has 0 aliphatic heterocycles. The Bertz CT molecular complexity index is 495. The van der Waals surface area contributed by atoms with Gasteiger partial charge in [-0.2, -0.15) is 5.10 Å². The summed E-state index contributed by atoms with van der Waals surface area (Å²) in [5.41, 5.74) is 0.291. The highest BCUT2D eigenvalue weighted by molar-refractivity contribution is 6.30. The van der Waals surface area contributed by atoms with Gasteiger partial charge < -0.3 is 5.11 Å². The van der Waals surface area contributed by atoms with Crippen molar-refractivity contribution in [1.82, 2.24) is 19.6 Å². The average Bonchev–Trinajstić information content (AvgIpc) is 2.44. The van der Waals surface area contributed by atoms with E-state index in [-0.39, 0.29) is 11.6 Å². The molecule has 0 aliphatic carbocycles. The third-order valence-electron chi connectivity index (χ3n) is 1.65. The lowest BCUT2D eigenvalue weighted by Crippen LogP contribution is -2.00. The number of aliphatic carboxylic acids is 1. The Morgan fingerprint density at radius 1 is 1.64 bits per heavy atom. The standard InChI is InChI=1S/C7H5ClN4O2/c8-6-4(3-5(13)14)10-7-11-9-1-2-12(6)7/h1-2H,3H2,(H,13,14). The number of carbonyl (C=O) groups is 1. The van der Waals surface area contributed by atoms with Crippen LogP contribution < -0.4 is 0 Å². The fourth-order valence-electron chi connectivity index (χ4n) is 1.09. The topological polar surface area (TPSA) is 80.4 Å². The van der Waals surface area contributed by atoms with Crippen molar-refractivity contribution in [2.45, 2.75) is 6.42 Å². The highest BCUT2D eigenvalue weighted by atomic mass is 35.5. The molecule has 14 heavy (non-hydrogen) atoms. The van der Waals surface area contributed by atoms with E-state index < -0.39 is 5.97 Å². The van der Waals surface area contributed by atoms with Crippen LogP contribution in [0.5, 0.6) is 0 Å². The van der Waals surface area contributed by atoms with Gasteiger partial charge in [0.1, 0.15) is 5.15 Å². The minimum Gasteiger partial charge on any atom is -0.481 e. The first kappa shape index (κ1) is 8.89. The second kappa shape index (κ2) is 3.22. The lowest BCUT2D eigenvalue weighted by Gasteiger charge is -1.91. The van der Waals surface area contributed by atoms with Gasteiger partial charge in [-0.25, -0.2) is 4.98 Å². The lowest BCUT2D eigenvalue weighted by molar-refractivity contribution is -0.136. The van der Waals surface area contributed by atoms with E-state index in [0.29, 0.717) is 11.5 Å². The molecule has 6 nitrogen and oxygen atoms in total. The molecule has 0 fully saturated rings. The Balaban J connectivity index is 2.57. The molecule has 2 rings (SSSR count). The van der Waals surface area contributed by atoms with Crippen LogP contribution in [0, 0.1) is 0 Å². The zero-order chi connectivity index (χ0) is 10.1. The number of fused-ring (bicyclic) bond motifs is 1. The second-order valence-electron chi connectivity index (χ2n) is 2.60. The Kier molecular flexibility index (Phi) is 2.05. The van der Waals surface area contributed by atoms with Crippen LogP contribution in [0.25, 0.3) is 5.78 Å². The number of halogens is 1. The first-order valence-electron chi connectivity index (χ1n) is 3.74. The monoisotopic (exact) mass is 212 g/mol. The molecule has 1 N–H and O–H groups in total. The van der Waals surface area contributed by atoms with Gasteiger partial charge in [0.15, 0.2) is 0 Å². The zero-order valence-electron chi connectivity index (χ0n) is 6.88. The van der Waals surface area contributed by atoms with Crippen LogP contribution in [0.3, 0.4) is 0 Å². The normalized spacial score (nSPS) is 10.6.